The molecule has 0 unspecified atom stereocenters. The number of carbonyl (C=O) groups excluding carboxylic acids is 1. The summed E-state index contributed by atoms with van der Waals surface area (Å²) in [6.07, 6.45) is 10.9. The van der Waals surface area contributed by atoms with Crippen LogP contribution >= 0.6 is 11.9 Å². The molecule has 1 atom stereocenters. The van der Waals surface area contributed by atoms with Gasteiger partial charge >= 0.3 is 0 Å². The number of hydrogen-bond acceptors (Lipinski definition) is 6. The third kappa shape index (κ3) is 5.94. The van der Waals surface area contributed by atoms with Gasteiger partial charge in [-0.2, -0.15) is 5.10 Å². The minimum atomic E-state index is -0.490. The number of nitrogens with zero attached hydrogens (tertiary/aromatic N) is 4. The van der Waals surface area contributed by atoms with Crippen molar-refractivity contribution < 1.29 is 13.6 Å². The number of pyridine rings is 1. The molecule has 0 aliphatic heterocycles. The Labute approximate surface area is 280 Å². The van der Waals surface area contributed by atoms with Gasteiger partial charge in [-0.1, -0.05) is 55.3 Å². The summed E-state index contributed by atoms with van der Waals surface area (Å²) in [7, 11) is 1.76. The summed E-state index contributed by atoms with van der Waals surface area (Å²) in [4.78, 5) is 25.4. The first-order valence-electron chi connectivity index (χ1n) is 15.3. The van der Waals surface area contributed by atoms with Gasteiger partial charge in [0.05, 0.1) is 28.5 Å². The molecule has 3 N–H and O–H groups in total. The average Bonchev–Trinajstić information content (AvgIpc) is 3.63. The Hall–Kier alpha value is -5.39. The second kappa shape index (κ2) is 13.0. The van der Waals surface area contributed by atoms with Crippen LogP contribution in [0.5, 0.6) is 0 Å². The van der Waals surface area contributed by atoms with Crippen LogP contribution in [0.4, 0.5) is 14.5 Å². The summed E-state index contributed by atoms with van der Waals surface area (Å²) in [5.74, 6) is -0.765. The van der Waals surface area contributed by atoms with E-state index >= 15 is 4.39 Å². The molecule has 8 nitrogen and oxygen atoms in total. The lowest BCUT2D eigenvalue weighted by Crippen LogP contribution is -2.11. The molecule has 3 aromatic carbocycles. The van der Waals surface area contributed by atoms with Crippen molar-refractivity contribution in [3.8, 4) is 22.6 Å². The van der Waals surface area contributed by atoms with E-state index in [0.717, 1.165) is 16.8 Å². The Morgan fingerprint density at radius 3 is 2.67 bits per heavy atom. The fourth-order valence-electron chi connectivity index (χ4n) is 5.98. The van der Waals surface area contributed by atoms with Crippen LogP contribution in [-0.4, -0.2) is 36.9 Å². The van der Waals surface area contributed by atoms with Crippen LogP contribution in [0, 0.1) is 11.6 Å². The number of benzene rings is 3. The predicted molar refractivity (Wildman–Crippen MR) is 187 cm³/mol. The Morgan fingerprint density at radius 2 is 1.85 bits per heavy atom. The molecule has 1 amide bonds. The van der Waals surface area contributed by atoms with Crippen LogP contribution < -0.4 is 10.0 Å². The molecule has 6 aromatic rings. The molecule has 3 heterocycles. The number of allylic oxidation sites excluding steroid dienone is 3. The van der Waals surface area contributed by atoms with E-state index in [1.165, 1.54) is 30.3 Å². The molecule has 0 spiro atoms. The predicted octanol–water partition coefficient (Wildman–Crippen LogP) is 8.03. The fraction of sp³-hybridized carbons (Fsp3) is 0.135. The SMILES string of the molecule is CSNCc1cc(F)cc(C2=CC=C[C@@H](C)c3[nH]c(-c4nn(C)c5ccc(-c6cncc(NC(=O)c7ccccc7)c6)c(F)c45)nc32)c1. The topological polar surface area (TPSA) is 101 Å². The van der Waals surface area contributed by atoms with Gasteiger partial charge in [-0.25, -0.2) is 13.8 Å². The maximum Gasteiger partial charge on any atom is 0.255 e. The lowest BCUT2D eigenvalue weighted by Gasteiger charge is -2.10. The minimum Gasteiger partial charge on any atom is -0.339 e. The molecule has 11 heteroatoms. The Balaban J connectivity index is 1.29. The van der Waals surface area contributed by atoms with E-state index in [9.17, 15) is 9.18 Å². The number of H-pyrrole nitrogens is 1. The number of aromatic nitrogens is 5. The number of anilines is 1. The van der Waals surface area contributed by atoms with Gasteiger partial charge in [0.25, 0.3) is 5.91 Å². The van der Waals surface area contributed by atoms with Crippen molar-refractivity contribution >= 4 is 40.0 Å². The van der Waals surface area contributed by atoms with Crippen molar-refractivity contribution in [3.05, 3.63) is 137 Å². The molecule has 240 valence electrons. The van der Waals surface area contributed by atoms with Crippen LogP contribution in [0.2, 0.25) is 0 Å². The molecule has 1 aliphatic rings. The number of amides is 1. The van der Waals surface area contributed by atoms with Crippen molar-refractivity contribution in [3.63, 3.8) is 0 Å². The van der Waals surface area contributed by atoms with E-state index in [-0.39, 0.29) is 17.6 Å². The first-order valence-corrected chi connectivity index (χ1v) is 16.5. The molecular formula is C37H31F2N7OS. The van der Waals surface area contributed by atoms with Gasteiger partial charge in [0.15, 0.2) is 5.82 Å². The molecule has 0 fully saturated rings. The van der Waals surface area contributed by atoms with Gasteiger partial charge < -0.3 is 10.3 Å². The van der Waals surface area contributed by atoms with E-state index in [1.807, 2.05) is 43.5 Å². The van der Waals surface area contributed by atoms with Crippen molar-refractivity contribution in [1.29, 1.82) is 0 Å². The Bertz CT molecular complexity index is 2240. The molecule has 0 bridgehead atoms. The van der Waals surface area contributed by atoms with Crippen LogP contribution in [0.1, 0.15) is 45.7 Å². The van der Waals surface area contributed by atoms with Gasteiger partial charge in [0.2, 0.25) is 0 Å². The van der Waals surface area contributed by atoms with Gasteiger partial charge in [-0.05, 0) is 65.9 Å². The number of nitrogens with one attached hydrogen (secondary N) is 3. The zero-order valence-electron chi connectivity index (χ0n) is 26.4. The van der Waals surface area contributed by atoms with E-state index in [4.69, 9.17) is 10.1 Å². The molecule has 0 radical (unpaired) electrons. The molecule has 0 saturated carbocycles. The van der Waals surface area contributed by atoms with Gasteiger partial charge in [-0.3, -0.25) is 19.2 Å². The molecule has 3 aromatic heterocycles. The number of aromatic amines is 1. The highest BCUT2D eigenvalue weighted by Crippen LogP contribution is 2.38. The normalized spacial score (nSPS) is 14.1. The third-order valence-corrected chi connectivity index (χ3v) is 8.75. The van der Waals surface area contributed by atoms with Crippen molar-refractivity contribution in [2.45, 2.75) is 19.4 Å². The molecule has 0 saturated heterocycles. The quantitative estimate of drug-likeness (QED) is 0.143. The lowest BCUT2D eigenvalue weighted by molar-refractivity contribution is 0.102. The summed E-state index contributed by atoms with van der Waals surface area (Å²) in [5, 5.41) is 7.84. The highest BCUT2D eigenvalue weighted by Gasteiger charge is 2.26. The second-order valence-corrected chi connectivity index (χ2v) is 12.2. The lowest BCUT2D eigenvalue weighted by atomic mass is 9.97. The minimum absolute atomic E-state index is 0.0449. The van der Waals surface area contributed by atoms with E-state index in [0.29, 0.717) is 62.6 Å². The Morgan fingerprint density at radius 1 is 1.02 bits per heavy atom. The van der Waals surface area contributed by atoms with Gasteiger partial charge in [-0.15, -0.1) is 0 Å². The number of hydrogen-bond donors (Lipinski definition) is 3. The molecule has 48 heavy (non-hydrogen) atoms. The monoisotopic (exact) mass is 659 g/mol. The highest BCUT2D eigenvalue weighted by molar-refractivity contribution is 7.96. The zero-order chi connectivity index (χ0) is 33.4. The average molecular weight is 660 g/mol. The zero-order valence-corrected chi connectivity index (χ0v) is 27.2. The van der Waals surface area contributed by atoms with Gasteiger partial charge in [0, 0.05) is 53.7 Å². The standard InChI is InChI=1S/C37H31F2N7OS/c1-21-8-7-11-29(24-14-22(18-41-48-3)15-26(38)16-24)34-33(21)43-36(44-34)35-31-30(46(2)45-35)13-12-28(32(31)39)25-17-27(20-40-19-25)42-37(47)23-9-5-4-6-10-23/h4-17,19-21,41H,18H2,1-3H3,(H,42,47)(H,43,44)/t21-/m1/s1. The second-order valence-electron chi connectivity index (χ2n) is 11.6. The summed E-state index contributed by atoms with van der Waals surface area (Å²) in [6, 6.07) is 19.0. The maximum atomic E-state index is 16.6. The highest BCUT2D eigenvalue weighted by atomic mass is 32.2. The number of aryl methyl sites for hydroxylation is 1. The Kier molecular flexibility index (Phi) is 8.47. The van der Waals surface area contributed by atoms with Crippen LogP contribution in [0.15, 0.2) is 97.4 Å². The van der Waals surface area contributed by atoms with Crippen molar-refractivity contribution in [1.82, 2.24) is 29.5 Å². The van der Waals surface area contributed by atoms with E-state index < -0.39 is 5.82 Å². The number of imidazole rings is 1. The van der Waals surface area contributed by atoms with Crippen LogP contribution in [-0.2, 0) is 13.6 Å². The van der Waals surface area contributed by atoms with Crippen LogP contribution in [0.3, 0.4) is 0 Å². The van der Waals surface area contributed by atoms with Crippen LogP contribution in [0.25, 0.3) is 39.1 Å². The summed E-state index contributed by atoms with van der Waals surface area (Å²) < 4.78 is 36.3. The number of carbonyl (C=O) groups is 1. The summed E-state index contributed by atoms with van der Waals surface area (Å²) in [6.45, 7) is 2.54. The molecule has 1 aliphatic carbocycles. The summed E-state index contributed by atoms with van der Waals surface area (Å²) in [5.41, 5.74) is 6.38. The van der Waals surface area contributed by atoms with E-state index in [2.05, 4.69) is 20.0 Å². The third-order valence-electron chi connectivity index (χ3n) is 8.32. The number of halogens is 2. The van der Waals surface area contributed by atoms with Gasteiger partial charge in [0.1, 0.15) is 17.3 Å². The smallest absolute Gasteiger partial charge is 0.255 e. The van der Waals surface area contributed by atoms with E-state index in [1.54, 1.807) is 60.4 Å². The summed E-state index contributed by atoms with van der Waals surface area (Å²) >= 11 is 1.47. The van der Waals surface area contributed by atoms with Crippen molar-refractivity contribution in [2.24, 2.45) is 7.05 Å². The number of fused-ring (bicyclic) bond motifs is 2. The number of rotatable bonds is 8. The first-order chi connectivity index (χ1) is 23.3. The molecular weight excluding hydrogens is 629 g/mol. The maximum absolute atomic E-state index is 16.6. The molecule has 7 rings (SSSR count). The van der Waals surface area contributed by atoms with Crippen molar-refractivity contribution in [2.75, 3.05) is 11.6 Å². The fourth-order valence-corrected chi connectivity index (χ4v) is 6.29. The first kappa shape index (κ1) is 31.2. The largest absolute Gasteiger partial charge is 0.339 e.